The average molecular weight is 305 g/mol. The van der Waals surface area contributed by atoms with Crippen LogP contribution in [0.1, 0.15) is 17.4 Å². The van der Waals surface area contributed by atoms with E-state index in [1.54, 1.807) is 12.1 Å². The van der Waals surface area contributed by atoms with Crippen molar-refractivity contribution in [1.82, 2.24) is 5.43 Å². The molecule has 0 saturated carbocycles. The maximum atomic E-state index is 13.2. The van der Waals surface area contributed by atoms with Crippen molar-refractivity contribution < 1.29 is 8.81 Å². The SMILES string of the molecule is NNC(Cc1ccc(Cl)cc1)c1cc2cc(F)ccc2o1. The highest BCUT2D eigenvalue weighted by Crippen LogP contribution is 2.26. The molecule has 3 rings (SSSR count). The highest BCUT2D eigenvalue weighted by atomic mass is 35.5. The fourth-order valence-electron chi connectivity index (χ4n) is 2.30. The fourth-order valence-corrected chi connectivity index (χ4v) is 2.43. The zero-order valence-corrected chi connectivity index (χ0v) is 11.9. The summed E-state index contributed by atoms with van der Waals surface area (Å²) in [5.41, 5.74) is 4.46. The lowest BCUT2D eigenvalue weighted by atomic mass is 10.0. The van der Waals surface area contributed by atoms with Gasteiger partial charge in [-0.05, 0) is 48.4 Å². The molecule has 0 aliphatic heterocycles. The highest BCUT2D eigenvalue weighted by Gasteiger charge is 2.16. The van der Waals surface area contributed by atoms with E-state index in [0.717, 1.165) is 10.9 Å². The number of hydrogen-bond acceptors (Lipinski definition) is 3. The summed E-state index contributed by atoms with van der Waals surface area (Å²) in [5.74, 6) is 6.01. The maximum absolute atomic E-state index is 13.2. The number of fused-ring (bicyclic) bond motifs is 1. The number of rotatable bonds is 4. The Labute approximate surface area is 126 Å². The highest BCUT2D eigenvalue weighted by molar-refractivity contribution is 6.30. The molecule has 108 valence electrons. The van der Waals surface area contributed by atoms with Crippen LogP contribution in [-0.2, 0) is 6.42 Å². The van der Waals surface area contributed by atoms with Crippen LogP contribution in [0.2, 0.25) is 5.02 Å². The molecule has 1 atom stereocenters. The fraction of sp³-hybridized carbons (Fsp3) is 0.125. The van der Waals surface area contributed by atoms with Crippen LogP contribution in [0.15, 0.2) is 52.9 Å². The van der Waals surface area contributed by atoms with Crippen molar-refractivity contribution >= 4 is 22.6 Å². The van der Waals surface area contributed by atoms with E-state index in [1.807, 2.05) is 24.3 Å². The molecule has 3 aromatic rings. The van der Waals surface area contributed by atoms with E-state index in [-0.39, 0.29) is 11.9 Å². The molecule has 0 aliphatic rings. The first-order chi connectivity index (χ1) is 10.2. The molecule has 3 nitrogen and oxygen atoms in total. The average Bonchev–Trinajstić information content (AvgIpc) is 2.89. The maximum Gasteiger partial charge on any atom is 0.134 e. The van der Waals surface area contributed by atoms with Crippen LogP contribution in [0.25, 0.3) is 11.0 Å². The van der Waals surface area contributed by atoms with E-state index in [0.29, 0.717) is 22.8 Å². The van der Waals surface area contributed by atoms with E-state index in [9.17, 15) is 4.39 Å². The van der Waals surface area contributed by atoms with E-state index >= 15 is 0 Å². The predicted octanol–water partition coefficient (Wildman–Crippen LogP) is 3.97. The standard InChI is InChI=1S/C16H14ClFN2O/c17-12-3-1-10(2-4-12)7-14(20-19)16-9-11-8-13(18)5-6-15(11)21-16/h1-6,8-9,14,20H,7,19H2. The monoisotopic (exact) mass is 304 g/mol. The summed E-state index contributed by atoms with van der Waals surface area (Å²) in [5, 5.41) is 1.41. The minimum absolute atomic E-state index is 0.193. The second kappa shape index (κ2) is 5.85. The summed E-state index contributed by atoms with van der Waals surface area (Å²) in [7, 11) is 0. The molecule has 3 N–H and O–H groups in total. The van der Waals surface area contributed by atoms with Crippen LogP contribution in [-0.4, -0.2) is 0 Å². The van der Waals surface area contributed by atoms with Crippen molar-refractivity contribution in [3.05, 3.63) is 70.7 Å². The second-order valence-electron chi connectivity index (χ2n) is 4.88. The van der Waals surface area contributed by atoms with E-state index in [2.05, 4.69) is 5.43 Å². The molecule has 0 fully saturated rings. The van der Waals surface area contributed by atoms with Gasteiger partial charge >= 0.3 is 0 Å². The number of benzene rings is 2. The Morgan fingerprint density at radius 3 is 2.62 bits per heavy atom. The van der Waals surface area contributed by atoms with E-state index < -0.39 is 0 Å². The van der Waals surface area contributed by atoms with Crippen molar-refractivity contribution in [2.24, 2.45) is 5.84 Å². The van der Waals surface area contributed by atoms with Crippen LogP contribution < -0.4 is 11.3 Å². The molecule has 0 bridgehead atoms. The number of hydrazine groups is 1. The lowest BCUT2D eigenvalue weighted by Gasteiger charge is -2.13. The molecule has 0 radical (unpaired) electrons. The Balaban J connectivity index is 1.88. The molecule has 1 heterocycles. The lowest BCUT2D eigenvalue weighted by molar-refractivity contribution is 0.434. The van der Waals surface area contributed by atoms with Gasteiger partial charge in [0, 0.05) is 10.4 Å². The van der Waals surface area contributed by atoms with Crippen LogP contribution in [0, 0.1) is 5.82 Å². The molecule has 0 amide bonds. The lowest BCUT2D eigenvalue weighted by Crippen LogP contribution is -2.29. The Hall–Kier alpha value is -1.88. The number of nitrogens with two attached hydrogens (primary N) is 1. The smallest absolute Gasteiger partial charge is 0.134 e. The summed E-state index contributed by atoms with van der Waals surface area (Å²) < 4.78 is 19.0. The summed E-state index contributed by atoms with van der Waals surface area (Å²) in [6, 6.07) is 13.6. The third-order valence-corrected chi connectivity index (χ3v) is 3.65. The van der Waals surface area contributed by atoms with Crippen LogP contribution in [0.5, 0.6) is 0 Å². The van der Waals surface area contributed by atoms with Crippen molar-refractivity contribution in [3.8, 4) is 0 Å². The Kier molecular flexibility index (Phi) is 3.92. The molecular weight excluding hydrogens is 291 g/mol. The van der Waals surface area contributed by atoms with Gasteiger partial charge in [-0.3, -0.25) is 5.84 Å². The van der Waals surface area contributed by atoms with E-state index in [1.165, 1.54) is 12.1 Å². The summed E-state index contributed by atoms with van der Waals surface area (Å²) in [6.07, 6.45) is 0.649. The molecule has 5 heteroatoms. The van der Waals surface area contributed by atoms with Gasteiger partial charge in [-0.25, -0.2) is 9.82 Å². The second-order valence-corrected chi connectivity index (χ2v) is 5.32. The van der Waals surface area contributed by atoms with Gasteiger partial charge in [0.05, 0.1) is 6.04 Å². The normalized spacial score (nSPS) is 12.7. The van der Waals surface area contributed by atoms with Crippen LogP contribution in [0.3, 0.4) is 0 Å². The first-order valence-corrected chi connectivity index (χ1v) is 6.93. The van der Waals surface area contributed by atoms with Gasteiger partial charge < -0.3 is 4.42 Å². The third kappa shape index (κ3) is 3.08. The molecule has 0 aliphatic carbocycles. The van der Waals surface area contributed by atoms with Crippen molar-refractivity contribution in [1.29, 1.82) is 0 Å². The van der Waals surface area contributed by atoms with Gasteiger partial charge in [0.15, 0.2) is 0 Å². The third-order valence-electron chi connectivity index (χ3n) is 3.40. The van der Waals surface area contributed by atoms with E-state index in [4.69, 9.17) is 21.9 Å². The summed E-state index contributed by atoms with van der Waals surface area (Å²) in [6.45, 7) is 0. The molecule has 21 heavy (non-hydrogen) atoms. The quantitative estimate of drug-likeness (QED) is 0.566. The number of halogens is 2. The minimum Gasteiger partial charge on any atom is -0.459 e. The Morgan fingerprint density at radius 1 is 1.14 bits per heavy atom. The first-order valence-electron chi connectivity index (χ1n) is 6.55. The zero-order chi connectivity index (χ0) is 14.8. The van der Waals surface area contributed by atoms with Crippen molar-refractivity contribution in [2.75, 3.05) is 0 Å². The Morgan fingerprint density at radius 2 is 1.90 bits per heavy atom. The van der Waals surface area contributed by atoms with Crippen molar-refractivity contribution in [3.63, 3.8) is 0 Å². The number of hydrogen-bond donors (Lipinski definition) is 2. The first kappa shape index (κ1) is 14.1. The van der Waals surface area contributed by atoms with Gasteiger partial charge in [-0.1, -0.05) is 23.7 Å². The molecule has 2 aromatic carbocycles. The zero-order valence-electron chi connectivity index (χ0n) is 11.1. The topological polar surface area (TPSA) is 51.2 Å². The predicted molar refractivity (Wildman–Crippen MR) is 81.4 cm³/mol. The molecule has 0 saturated heterocycles. The molecular formula is C16H14ClFN2O. The number of furan rings is 1. The van der Waals surface area contributed by atoms with Gasteiger partial charge in [0.2, 0.25) is 0 Å². The van der Waals surface area contributed by atoms with Gasteiger partial charge in [0.25, 0.3) is 0 Å². The van der Waals surface area contributed by atoms with Gasteiger partial charge in [-0.2, -0.15) is 0 Å². The van der Waals surface area contributed by atoms with Crippen LogP contribution >= 0.6 is 11.6 Å². The van der Waals surface area contributed by atoms with Crippen LogP contribution in [0.4, 0.5) is 4.39 Å². The van der Waals surface area contributed by atoms with Gasteiger partial charge in [-0.15, -0.1) is 0 Å². The molecule has 0 spiro atoms. The Bertz CT molecular complexity index is 755. The van der Waals surface area contributed by atoms with Gasteiger partial charge in [0.1, 0.15) is 17.2 Å². The largest absolute Gasteiger partial charge is 0.459 e. The van der Waals surface area contributed by atoms with Crippen molar-refractivity contribution in [2.45, 2.75) is 12.5 Å². The molecule has 1 unspecified atom stereocenters. The minimum atomic E-state index is -0.287. The summed E-state index contributed by atoms with van der Waals surface area (Å²) >= 11 is 5.87. The number of nitrogens with one attached hydrogen (secondary N) is 1. The molecule has 1 aromatic heterocycles. The summed E-state index contributed by atoms with van der Waals surface area (Å²) in [4.78, 5) is 0.